The zero-order valence-corrected chi connectivity index (χ0v) is 13.7. The molecule has 0 aliphatic carbocycles. The normalized spacial score (nSPS) is 11.6. The fraction of sp³-hybridized carbons (Fsp3) is 0.267. The van der Waals surface area contributed by atoms with E-state index in [-0.39, 0.29) is 11.4 Å². The lowest BCUT2D eigenvalue weighted by atomic mass is 10.2. The molecule has 1 aromatic heterocycles. The molecule has 0 fully saturated rings. The van der Waals surface area contributed by atoms with Crippen molar-refractivity contribution < 1.29 is 13.3 Å². The summed E-state index contributed by atoms with van der Waals surface area (Å²) in [7, 11) is -2.54. The van der Waals surface area contributed by atoms with Gasteiger partial charge < -0.3 is 0 Å². The Bertz CT molecular complexity index is 807. The van der Waals surface area contributed by atoms with E-state index in [0.29, 0.717) is 12.0 Å². The lowest BCUT2D eigenvalue weighted by Crippen LogP contribution is -2.30. The highest BCUT2D eigenvalue weighted by Crippen LogP contribution is 2.29. The van der Waals surface area contributed by atoms with Gasteiger partial charge in [0.2, 0.25) is 10.0 Å². The van der Waals surface area contributed by atoms with E-state index in [1.54, 1.807) is 31.3 Å². The van der Waals surface area contributed by atoms with E-state index in [1.165, 1.54) is 19.2 Å². The molecule has 0 unspecified atom stereocenters. The standard InChI is InChI=1S/C15H17N3O4S/c1-12-6-5-8-14(18(19)20)15(12)23(21,22)17(2)11-9-13-7-3-4-10-16-13/h3-8,10H,9,11H2,1-2H3. The molecule has 0 N–H and O–H groups in total. The minimum absolute atomic E-state index is 0.185. The summed E-state index contributed by atoms with van der Waals surface area (Å²) in [5.74, 6) is 0. The van der Waals surface area contributed by atoms with Crippen molar-refractivity contribution in [2.45, 2.75) is 18.2 Å². The molecular weight excluding hydrogens is 318 g/mol. The van der Waals surface area contributed by atoms with Gasteiger partial charge in [0.05, 0.1) is 4.92 Å². The highest BCUT2D eigenvalue weighted by Gasteiger charge is 2.31. The van der Waals surface area contributed by atoms with Gasteiger partial charge in [0, 0.05) is 38.0 Å². The van der Waals surface area contributed by atoms with Gasteiger partial charge in [-0.3, -0.25) is 15.1 Å². The molecule has 0 radical (unpaired) electrons. The van der Waals surface area contributed by atoms with Gasteiger partial charge in [0.25, 0.3) is 5.69 Å². The maximum absolute atomic E-state index is 12.7. The van der Waals surface area contributed by atoms with E-state index >= 15 is 0 Å². The highest BCUT2D eigenvalue weighted by molar-refractivity contribution is 7.89. The molecule has 8 heteroatoms. The fourth-order valence-corrected chi connectivity index (χ4v) is 3.74. The minimum atomic E-state index is -3.95. The van der Waals surface area contributed by atoms with E-state index in [4.69, 9.17) is 0 Å². The van der Waals surface area contributed by atoms with E-state index in [9.17, 15) is 18.5 Å². The molecule has 0 aliphatic rings. The topological polar surface area (TPSA) is 93.4 Å². The van der Waals surface area contributed by atoms with Gasteiger partial charge in [-0.15, -0.1) is 0 Å². The van der Waals surface area contributed by atoms with Gasteiger partial charge in [-0.25, -0.2) is 12.7 Å². The first-order valence-electron chi connectivity index (χ1n) is 6.94. The Balaban J connectivity index is 2.29. The first-order valence-corrected chi connectivity index (χ1v) is 8.38. The Kier molecular flexibility index (Phi) is 5.07. The van der Waals surface area contributed by atoms with E-state index in [2.05, 4.69) is 4.98 Å². The second-order valence-electron chi connectivity index (χ2n) is 5.08. The van der Waals surface area contributed by atoms with Crippen molar-refractivity contribution >= 4 is 15.7 Å². The van der Waals surface area contributed by atoms with Crippen molar-refractivity contribution in [2.24, 2.45) is 0 Å². The molecule has 2 aromatic rings. The first-order chi connectivity index (χ1) is 10.8. The zero-order valence-electron chi connectivity index (χ0n) is 12.8. The number of rotatable bonds is 6. The van der Waals surface area contributed by atoms with Crippen molar-refractivity contribution in [2.75, 3.05) is 13.6 Å². The third-order valence-electron chi connectivity index (χ3n) is 3.47. The van der Waals surface area contributed by atoms with Gasteiger partial charge in [0.15, 0.2) is 4.90 Å². The number of pyridine rings is 1. The number of benzene rings is 1. The number of aryl methyl sites for hydroxylation is 1. The Labute approximate surface area is 134 Å². The third kappa shape index (κ3) is 3.72. The predicted molar refractivity (Wildman–Crippen MR) is 85.6 cm³/mol. The smallest absolute Gasteiger partial charge is 0.261 e. The van der Waals surface area contributed by atoms with Crippen molar-refractivity contribution in [3.05, 3.63) is 64.0 Å². The summed E-state index contributed by atoms with van der Waals surface area (Å²) in [6.07, 6.45) is 2.06. The number of nitro groups is 1. The largest absolute Gasteiger partial charge is 0.289 e. The summed E-state index contributed by atoms with van der Waals surface area (Å²) in [6.45, 7) is 1.73. The molecule has 7 nitrogen and oxygen atoms in total. The van der Waals surface area contributed by atoms with Crippen LogP contribution in [-0.2, 0) is 16.4 Å². The molecule has 1 heterocycles. The van der Waals surface area contributed by atoms with E-state index in [0.717, 1.165) is 10.00 Å². The summed E-state index contributed by atoms with van der Waals surface area (Å²) < 4.78 is 26.5. The molecule has 0 bridgehead atoms. The number of likely N-dealkylation sites (N-methyl/N-ethyl adjacent to an activating group) is 1. The van der Waals surface area contributed by atoms with Gasteiger partial charge >= 0.3 is 0 Å². The van der Waals surface area contributed by atoms with Crippen molar-refractivity contribution in [3.8, 4) is 0 Å². The van der Waals surface area contributed by atoms with Crippen LogP contribution in [-0.4, -0.2) is 36.2 Å². The number of nitrogens with zero attached hydrogens (tertiary/aromatic N) is 3. The van der Waals surface area contributed by atoms with Crippen LogP contribution in [0.2, 0.25) is 0 Å². The van der Waals surface area contributed by atoms with Gasteiger partial charge in [-0.05, 0) is 24.6 Å². The number of sulfonamides is 1. The lowest BCUT2D eigenvalue weighted by molar-refractivity contribution is -0.387. The van der Waals surface area contributed by atoms with Gasteiger partial charge in [-0.2, -0.15) is 0 Å². The van der Waals surface area contributed by atoms with Crippen LogP contribution in [0, 0.1) is 17.0 Å². The Morgan fingerprint density at radius 1 is 1.22 bits per heavy atom. The monoisotopic (exact) mass is 335 g/mol. The van der Waals surface area contributed by atoms with Crippen LogP contribution in [0.25, 0.3) is 0 Å². The Hall–Kier alpha value is -2.32. The Morgan fingerprint density at radius 2 is 1.96 bits per heavy atom. The fourth-order valence-electron chi connectivity index (χ4n) is 2.21. The van der Waals surface area contributed by atoms with Crippen LogP contribution < -0.4 is 0 Å². The van der Waals surface area contributed by atoms with Crippen LogP contribution in [0.3, 0.4) is 0 Å². The first kappa shape index (κ1) is 17.0. The molecule has 23 heavy (non-hydrogen) atoms. The van der Waals surface area contributed by atoms with Crippen molar-refractivity contribution in [1.82, 2.24) is 9.29 Å². The minimum Gasteiger partial charge on any atom is -0.261 e. The van der Waals surface area contributed by atoms with Gasteiger partial charge in [-0.1, -0.05) is 18.2 Å². The van der Waals surface area contributed by atoms with Gasteiger partial charge in [0.1, 0.15) is 0 Å². The summed E-state index contributed by atoms with van der Waals surface area (Å²) in [5.41, 5.74) is 0.701. The molecule has 0 spiro atoms. The SMILES string of the molecule is Cc1cccc([N+](=O)[O-])c1S(=O)(=O)N(C)CCc1ccccn1. The van der Waals surface area contributed by atoms with Crippen molar-refractivity contribution in [1.29, 1.82) is 0 Å². The third-order valence-corrected chi connectivity index (χ3v) is 5.52. The van der Waals surface area contributed by atoms with E-state index in [1.807, 2.05) is 6.07 Å². The van der Waals surface area contributed by atoms with Crippen LogP contribution in [0.15, 0.2) is 47.5 Å². The summed E-state index contributed by atoms with van der Waals surface area (Å²) in [6, 6.07) is 9.62. The molecule has 0 saturated heterocycles. The second-order valence-corrected chi connectivity index (χ2v) is 7.06. The molecular formula is C15H17N3O4S. The molecule has 2 rings (SSSR count). The summed E-state index contributed by atoms with van der Waals surface area (Å²) >= 11 is 0. The van der Waals surface area contributed by atoms with Crippen LogP contribution in [0.1, 0.15) is 11.3 Å². The van der Waals surface area contributed by atoms with Crippen LogP contribution in [0.4, 0.5) is 5.69 Å². The average molecular weight is 335 g/mol. The number of hydrogen-bond acceptors (Lipinski definition) is 5. The predicted octanol–water partition coefficient (Wildman–Crippen LogP) is 2.16. The number of hydrogen-bond donors (Lipinski definition) is 0. The molecule has 0 atom stereocenters. The van der Waals surface area contributed by atoms with E-state index < -0.39 is 20.6 Å². The Morgan fingerprint density at radius 3 is 2.57 bits per heavy atom. The average Bonchev–Trinajstić information content (AvgIpc) is 2.52. The highest BCUT2D eigenvalue weighted by atomic mass is 32.2. The quantitative estimate of drug-likeness (QED) is 0.595. The maximum atomic E-state index is 12.7. The number of aromatic nitrogens is 1. The summed E-state index contributed by atoms with van der Waals surface area (Å²) in [4.78, 5) is 14.3. The van der Waals surface area contributed by atoms with Crippen molar-refractivity contribution in [3.63, 3.8) is 0 Å². The zero-order chi connectivity index (χ0) is 17.0. The summed E-state index contributed by atoms with van der Waals surface area (Å²) in [5, 5.41) is 11.1. The molecule has 0 amide bonds. The maximum Gasteiger partial charge on any atom is 0.289 e. The molecule has 0 saturated carbocycles. The lowest BCUT2D eigenvalue weighted by Gasteiger charge is -2.18. The second kappa shape index (κ2) is 6.84. The van der Waals surface area contributed by atoms with Crippen LogP contribution in [0.5, 0.6) is 0 Å². The molecule has 1 aromatic carbocycles. The molecule has 0 aliphatic heterocycles. The molecule has 122 valence electrons. The number of nitro benzene ring substituents is 1. The van der Waals surface area contributed by atoms with Crippen LogP contribution >= 0.6 is 0 Å².